The van der Waals surface area contributed by atoms with E-state index in [1.54, 1.807) is 30.3 Å². The molecule has 0 unspecified atom stereocenters. The van der Waals surface area contributed by atoms with Crippen LogP contribution in [0, 0.1) is 6.92 Å². The van der Waals surface area contributed by atoms with Crippen LogP contribution in [0.4, 0.5) is 5.69 Å². The van der Waals surface area contributed by atoms with E-state index in [0.717, 1.165) is 33.8 Å². The van der Waals surface area contributed by atoms with E-state index in [2.05, 4.69) is 5.32 Å². The van der Waals surface area contributed by atoms with Gasteiger partial charge in [0.2, 0.25) is 11.8 Å². The smallest absolute Gasteiger partial charge is 0.264 e. The molecule has 0 aromatic heterocycles. The first-order valence-electron chi connectivity index (χ1n) is 15.2. The number of sulfonamides is 1. The van der Waals surface area contributed by atoms with E-state index in [1.807, 2.05) is 68.4 Å². The summed E-state index contributed by atoms with van der Waals surface area (Å²) >= 11 is 6.30. The molecule has 0 aliphatic heterocycles. The number of amides is 2. The summed E-state index contributed by atoms with van der Waals surface area (Å²) in [7, 11) is -2.76. The van der Waals surface area contributed by atoms with E-state index >= 15 is 0 Å². The minimum Gasteiger partial charge on any atom is -0.497 e. The van der Waals surface area contributed by atoms with Crippen molar-refractivity contribution in [3.05, 3.63) is 125 Å². The van der Waals surface area contributed by atoms with Crippen LogP contribution >= 0.6 is 11.6 Å². The Labute approximate surface area is 277 Å². The number of ether oxygens (including phenoxy) is 1. The summed E-state index contributed by atoms with van der Waals surface area (Å²) in [5.41, 5.74) is 2.89. The zero-order valence-electron chi connectivity index (χ0n) is 26.4. The lowest BCUT2D eigenvalue weighted by atomic mass is 10.0. The Balaban J connectivity index is 1.80. The molecule has 2 amide bonds. The van der Waals surface area contributed by atoms with E-state index < -0.39 is 28.5 Å². The minimum absolute atomic E-state index is 0.0235. The highest BCUT2D eigenvalue weighted by Crippen LogP contribution is 2.28. The summed E-state index contributed by atoms with van der Waals surface area (Å²) < 4.78 is 34.6. The van der Waals surface area contributed by atoms with Crippen LogP contribution < -0.4 is 14.4 Å². The molecule has 8 nitrogen and oxygen atoms in total. The number of halogens is 1. The number of aryl methyl sites for hydroxylation is 1. The van der Waals surface area contributed by atoms with Gasteiger partial charge in [-0.3, -0.25) is 13.9 Å². The molecule has 0 saturated carbocycles. The van der Waals surface area contributed by atoms with Gasteiger partial charge in [0.1, 0.15) is 18.3 Å². The Morgan fingerprint density at radius 3 is 2.26 bits per heavy atom. The van der Waals surface area contributed by atoms with Crippen LogP contribution in [0.5, 0.6) is 5.75 Å². The summed E-state index contributed by atoms with van der Waals surface area (Å²) in [4.78, 5) is 29.9. The maximum atomic E-state index is 14.6. The maximum Gasteiger partial charge on any atom is 0.264 e. The number of methoxy groups -OCH3 is 1. The van der Waals surface area contributed by atoms with Crippen molar-refractivity contribution in [2.75, 3.05) is 24.5 Å². The molecule has 0 aliphatic rings. The number of unbranched alkanes of at least 4 members (excludes halogenated alkanes) is 1. The highest BCUT2D eigenvalue weighted by Gasteiger charge is 2.35. The van der Waals surface area contributed by atoms with Crippen molar-refractivity contribution in [2.24, 2.45) is 0 Å². The van der Waals surface area contributed by atoms with Crippen molar-refractivity contribution < 1.29 is 22.7 Å². The highest BCUT2D eigenvalue weighted by molar-refractivity contribution is 7.92. The second-order valence-electron chi connectivity index (χ2n) is 11.0. The third kappa shape index (κ3) is 8.89. The third-order valence-electron chi connectivity index (χ3n) is 7.73. The molecule has 4 aromatic rings. The monoisotopic (exact) mass is 661 g/mol. The van der Waals surface area contributed by atoms with E-state index in [1.165, 1.54) is 30.2 Å². The van der Waals surface area contributed by atoms with Crippen LogP contribution in [-0.4, -0.2) is 51.4 Å². The summed E-state index contributed by atoms with van der Waals surface area (Å²) in [5.74, 6) is -0.343. The normalized spacial score (nSPS) is 11.8. The number of carbonyl (C=O) groups is 2. The summed E-state index contributed by atoms with van der Waals surface area (Å²) in [5, 5.41) is 3.32. The number of benzene rings is 4. The van der Waals surface area contributed by atoms with Gasteiger partial charge in [-0.15, -0.1) is 0 Å². The van der Waals surface area contributed by atoms with Crippen molar-refractivity contribution in [1.82, 2.24) is 10.2 Å². The fourth-order valence-corrected chi connectivity index (χ4v) is 6.66. The van der Waals surface area contributed by atoms with Crippen molar-refractivity contribution in [3.63, 3.8) is 0 Å². The molecule has 1 N–H and O–H groups in total. The molecular weight excluding hydrogens is 622 g/mol. The Morgan fingerprint density at radius 1 is 0.913 bits per heavy atom. The summed E-state index contributed by atoms with van der Waals surface area (Å²) in [6.45, 7) is 3.99. The SMILES string of the molecule is CCCCNC(=O)[C@H](Cc1ccccc1)N(Cc1ccccc1C)C(=O)CN(c1cccc(Cl)c1)S(=O)(=O)c1ccc(OC)cc1. The van der Waals surface area contributed by atoms with Gasteiger partial charge in [-0.25, -0.2) is 8.42 Å². The number of carbonyl (C=O) groups excluding carboxylic acids is 2. The van der Waals surface area contributed by atoms with Crippen LogP contribution in [0.15, 0.2) is 108 Å². The van der Waals surface area contributed by atoms with Crippen LogP contribution in [0.1, 0.15) is 36.5 Å². The van der Waals surface area contributed by atoms with E-state index in [0.29, 0.717) is 17.3 Å². The molecule has 10 heteroatoms. The molecule has 0 heterocycles. The molecule has 0 bridgehead atoms. The van der Waals surface area contributed by atoms with Gasteiger partial charge in [-0.2, -0.15) is 0 Å². The van der Waals surface area contributed by atoms with E-state index in [9.17, 15) is 18.0 Å². The standard InChI is InChI=1S/C36H40ClN3O5S/c1-4-5-22-38-36(42)34(23-28-13-7-6-8-14-28)39(25-29-15-10-9-12-27(29)2)35(41)26-40(31-17-11-16-30(37)24-31)46(43,44)33-20-18-32(45-3)19-21-33/h6-21,24,34H,4-5,22-23,25-26H2,1-3H3,(H,38,42)/t34-/m0/s1. The van der Waals surface area contributed by atoms with Gasteiger partial charge in [-0.05, 0) is 72.5 Å². The van der Waals surface area contributed by atoms with Crippen molar-refractivity contribution >= 4 is 39.1 Å². The van der Waals surface area contributed by atoms with Gasteiger partial charge < -0.3 is 15.0 Å². The Morgan fingerprint density at radius 2 is 1.61 bits per heavy atom. The van der Waals surface area contributed by atoms with Gasteiger partial charge in [0, 0.05) is 24.5 Å². The lowest BCUT2D eigenvalue weighted by Crippen LogP contribution is -2.53. The topological polar surface area (TPSA) is 96.0 Å². The Bertz CT molecular complexity index is 1720. The molecule has 242 valence electrons. The minimum atomic E-state index is -4.26. The quantitative estimate of drug-likeness (QED) is 0.149. The predicted molar refractivity (Wildman–Crippen MR) is 183 cm³/mol. The van der Waals surface area contributed by atoms with Gasteiger partial charge in [0.25, 0.3) is 10.0 Å². The molecular formula is C36H40ClN3O5S. The van der Waals surface area contributed by atoms with Gasteiger partial charge in [0.15, 0.2) is 0 Å². The zero-order valence-corrected chi connectivity index (χ0v) is 27.9. The first kappa shape index (κ1) is 34.5. The maximum absolute atomic E-state index is 14.6. The number of nitrogens with zero attached hydrogens (tertiary/aromatic N) is 2. The molecule has 0 spiro atoms. The number of nitrogens with one attached hydrogen (secondary N) is 1. The number of anilines is 1. The summed E-state index contributed by atoms with van der Waals surface area (Å²) in [6, 6.07) is 28.5. The van der Waals surface area contributed by atoms with Crippen molar-refractivity contribution in [3.8, 4) is 5.75 Å². The summed E-state index contributed by atoms with van der Waals surface area (Å²) in [6.07, 6.45) is 1.93. The molecule has 0 saturated heterocycles. The van der Waals surface area contributed by atoms with Crippen LogP contribution in [0.2, 0.25) is 5.02 Å². The lowest BCUT2D eigenvalue weighted by molar-refractivity contribution is -0.140. The average Bonchev–Trinajstić information content (AvgIpc) is 3.06. The molecule has 0 fully saturated rings. The highest BCUT2D eigenvalue weighted by atomic mass is 35.5. The molecule has 4 aromatic carbocycles. The van der Waals surface area contributed by atoms with Crippen molar-refractivity contribution in [1.29, 1.82) is 0 Å². The van der Waals surface area contributed by atoms with E-state index in [-0.39, 0.29) is 29.5 Å². The van der Waals surface area contributed by atoms with Crippen LogP contribution in [0.3, 0.4) is 0 Å². The number of hydrogen-bond acceptors (Lipinski definition) is 5. The fourth-order valence-electron chi connectivity index (χ4n) is 5.07. The number of hydrogen-bond donors (Lipinski definition) is 1. The first-order valence-corrected chi connectivity index (χ1v) is 17.0. The van der Waals surface area contributed by atoms with Crippen molar-refractivity contribution in [2.45, 2.75) is 50.6 Å². The lowest BCUT2D eigenvalue weighted by Gasteiger charge is -2.34. The fraction of sp³-hybridized carbons (Fsp3) is 0.278. The zero-order chi connectivity index (χ0) is 33.1. The Hall–Kier alpha value is -4.34. The van der Waals surface area contributed by atoms with Crippen LogP contribution in [-0.2, 0) is 32.6 Å². The predicted octanol–water partition coefficient (Wildman–Crippen LogP) is 6.41. The first-order chi connectivity index (χ1) is 22.1. The average molecular weight is 662 g/mol. The molecule has 0 radical (unpaired) electrons. The number of rotatable bonds is 15. The van der Waals surface area contributed by atoms with Gasteiger partial charge in [0.05, 0.1) is 17.7 Å². The van der Waals surface area contributed by atoms with Crippen LogP contribution in [0.25, 0.3) is 0 Å². The molecule has 4 rings (SSSR count). The van der Waals surface area contributed by atoms with Gasteiger partial charge >= 0.3 is 0 Å². The van der Waals surface area contributed by atoms with Gasteiger partial charge in [-0.1, -0.05) is 85.6 Å². The second kappa shape index (κ2) is 16.3. The Kier molecular flexibility index (Phi) is 12.2. The molecule has 46 heavy (non-hydrogen) atoms. The molecule has 0 aliphatic carbocycles. The second-order valence-corrected chi connectivity index (χ2v) is 13.3. The third-order valence-corrected chi connectivity index (χ3v) is 9.75. The largest absolute Gasteiger partial charge is 0.497 e. The van der Waals surface area contributed by atoms with E-state index in [4.69, 9.17) is 16.3 Å². The molecule has 1 atom stereocenters.